The van der Waals surface area contributed by atoms with Crippen molar-refractivity contribution in [3.8, 4) is 10.7 Å². The predicted molar refractivity (Wildman–Crippen MR) is 92.8 cm³/mol. The second kappa shape index (κ2) is 7.51. The molecule has 0 aliphatic carbocycles. The van der Waals surface area contributed by atoms with Gasteiger partial charge in [0.15, 0.2) is 0 Å². The van der Waals surface area contributed by atoms with Crippen molar-refractivity contribution in [2.24, 2.45) is 0 Å². The van der Waals surface area contributed by atoms with Crippen LogP contribution < -0.4 is 5.32 Å². The number of amides is 1. The summed E-state index contributed by atoms with van der Waals surface area (Å²) in [6.45, 7) is 0.342. The van der Waals surface area contributed by atoms with E-state index in [4.69, 9.17) is 11.6 Å². The lowest BCUT2D eigenvalue weighted by molar-refractivity contribution is 0.0950. The van der Waals surface area contributed by atoms with Gasteiger partial charge in [0.25, 0.3) is 5.91 Å². The molecule has 4 nitrogen and oxygen atoms in total. The quantitative estimate of drug-likeness (QED) is 0.748. The molecular weight excluding hydrogens is 349 g/mol. The number of aromatic nitrogens is 2. The molecule has 2 aromatic heterocycles. The van der Waals surface area contributed by atoms with Gasteiger partial charge >= 0.3 is 0 Å². The molecule has 7 heteroatoms. The lowest BCUT2D eigenvalue weighted by Crippen LogP contribution is -2.27. The molecule has 1 amide bonds. The maximum Gasteiger partial charge on any atom is 0.255 e. The fourth-order valence-corrected chi connectivity index (χ4v) is 3.21. The first-order chi connectivity index (χ1) is 11.6. The van der Waals surface area contributed by atoms with Crippen LogP contribution in [0.1, 0.15) is 16.1 Å². The fraction of sp³-hybridized carbons (Fsp3) is 0.118. The lowest BCUT2D eigenvalue weighted by Gasteiger charge is -2.06. The third kappa shape index (κ3) is 3.77. The van der Waals surface area contributed by atoms with Crippen LogP contribution in [0.4, 0.5) is 4.39 Å². The number of carbonyl (C=O) groups excluding carboxylic acids is 1. The number of rotatable bonds is 5. The van der Waals surface area contributed by atoms with Crippen molar-refractivity contribution in [1.29, 1.82) is 0 Å². The summed E-state index contributed by atoms with van der Waals surface area (Å²) in [6, 6.07) is 9.80. The summed E-state index contributed by atoms with van der Waals surface area (Å²) < 4.78 is 13.7. The van der Waals surface area contributed by atoms with Gasteiger partial charge in [0, 0.05) is 24.5 Å². The minimum atomic E-state index is -0.633. The van der Waals surface area contributed by atoms with E-state index in [0.717, 1.165) is 16.4 Å². The molecule has 0 aliphatic heterocycles. The normalized spacial score (nSPS) is 10.6. The van der Waals surface area contributed by atoms with Crippen molar-refractivity contribution >= 4 is 28.8 Å². The van der Waals surface area contributed by atoms with Crippen LogP contribution in [0, 0.1) is 5.82 Å². The largest absolute Gasteiger partial charge is 0.352 e. The summed E-state index contributed by atoms with van der Waals surface area (Å²) in [4.78, 5) is 20.8. The number of pyridine rings is 1. The van der Waals surface area contributed by atoms with Gasteiger partial charge in [0.1, 0.15) is 10.8 Å². The smallest absolute Gasteiger partial charge is 0.255 e. The van der Waals surface area contributed by atoms with E-state index in [1.165, 1.54) is 29.5 Å². The van der Waals surface area contributed by atoms with Gasteiger partial charge < -0.3 is 5.32 Å². The van der Waals surface area contributed by atoms with Crippen LogP contribution in [0.15, 0.2) is 48.0 Å². The van der Waals surface area contributed by atoms with Crippen LogP contribution in [0.5, 0.6) is 0 Å². The first-order valence-electron chi connectivity index (χ1n) is 7.23. The van der Waals surface area contributed by atoms with E-state index < -0.39 is 11.7 Å². The second-order valence-electron chi connectivity index (χ2n) is 4.96. The van der Waals surface area contributed by atoms with E-state index in [9.17, 15) is 9.18 Å². The maximum absolute atomic E-state index is 13.7. The first kappa shape index (κ1) is 16.5. The topological polar surface area (TPSA) is 54.9 Å². The van der Waals surface area contributed by atoms with Crippen LogP contribution >= 0.6 is 22.9 Å². The summed E-state index contributed by atoms with van der Waals surface area (Å²) in [5.74, 6) is -1.16. The van der Waals surface area contributed by atoms with E-state index in [-0.39, 0.29) is 10.6 Å². The van der Waals surface area contributed by atoms with Crippen molar-refractivity contribution in [2.45, 2.75) is 6.42 Å². The van der Waals surface area contributed by atoms with Crippen LogP contribution in [-0.2, 0) is 6.42 Å². The Hall–Kier alpha value is -2.31. The fourth-order valence-electron chi connectivity index (χ4n) is 2.14. The predicted octanol–water partition coefficient (Wildman–Crippen LogP) is 3.97. The summed E-state index contributed by atoms with van der Waals surface area (Å²) in [5, 5.41) is 5.51. The lowest BCUT2D eigenvalue weighted by atomic mass is 10.2. The minimum absolute atomic E-state index is 0.0959. The number of hydrogen-bond donors (Lipinski definition) is 1. The summed E-state index contributed by atoms with van der Waals surface area (Å²) >= 11 is 7.37. The SMILES string of the molecule is O=C(NCCc1csc(-c2ccccn2)n1)c1c(F)cccc1Cl. The van der Waals surface area contributed by atoms with E-state index in [1.54, 1.807) is 6.20 Å². The van der Waals surface area contributed by atoms with E-state index in [0.29, 0.717) is 13.0 Å². The number of carbonyl (C=O) groups is 1. The van der Waals surface area contributed by atoms with Crippen LogP contribution in [0.2, 0.25) is 5.02 Å². The van der Waals surface area contributed by atoms with Crippen molar-refractivity contribution in [3.63, 3.8) is 0 Å². The van der Waals surface area contributed by atoms with Gasteiger partial charge in [-0.25, -0.2) is 9.37 Å². The average Bonchev–Trinajstić information content (AvgIpc) is 3.04. The highest BCUT2D eigenvalue weighted by Gasteiger charge is 2.15. The van der Waals surface area contributed by atoms with Crippen LogP contribution in [0.25, 0.3) is 10.7 Å². The molecule has 1 aromatic carbocycles. The van der Waals surface area contributed by atoms with Crippen LogP contribution in [-0.4, -0.2) is 22.4 Å². The number of thiazole rings is 1. The Balaban J connectivity index is 1.59. The highest BCUT2D eigenvalue weighted by molar-refractivity contribution is 7.13. The van der Waals surface area contributed by atoms with Crippen molar-refractivity contribution in [2.75, 3.05) is 6.54 Å². The van der Waals surface area contributed by atoms with Crippen molar-refractivity contribution < 1.29 is 9.18 Å². The molecule has 122 valence electrons. The van der Waals surface area contributed by atoms with E-state index in [1.807, 2.05) is 23.6 Å². The zero-order valence-corrected chi connectivity index (χ0v) is 14.1. The minimum Gasteiger partial charge on any atom is -0.352 e. The van der Waals surface area contributed by atoms with Gasteiger partial charge in [-0.2, -0.15) is 0 Å². The summed E-state index contributed by atoms with van der Waals surface area (Å²) in [7, 11) is 0. The van der Waals surface area contributed by atoms with Gasteiger partial charge in [-0.1, -0.05) is 23.7 Å². The maximum atomic E-state index is 13.7. The molecule has 0 bridgehead atoms. The molecule has 24 heavy (non-hydrogen) atoms. The van der Waals surface area contributed by atoms with Gasteiger partial charge in [0.2, 0.25) is 0 Å². The summed E-state index contributed by atoms with van der Waals surface area (Å²) in [6.07, 6.45) is 2.26. The van der Waals surface area contributed by atoms with E-state index >= 15 is 0 Å². The number of halogens is 2. The van der Waals surface area contributed by atoms with Crippen LogP contribution in [0.3, 0.4) is 0 Å². The van der Waals surface area contributed by atoms with Gasteiger partial charge in [-0.3, -0.25) is 9.78 Å². The Morgan fingerprint density at radius 3 is 2.88 bits per heavy atom. The molecule has 0 radical (unpaired) electrons. The Morgan fingerprint density at radius 1 is 1.25 bits per heavy atom. The van der Waals surface area contributed by atoms with Gasteiger partial charge in [-0.05, 0) is 24.3 Å². The third-order valence-corrected chi connectivity index (χ3v) is 4.52. The standard InChI is InChI=1S/C17H13ClFN3OS/c18-12-4-3-5-13(19)15(12)16(23)21-9-7-11-10-24-17(22-11)14-6-1-2-8-20-14/h1-6,8,10H,7,9H2,(H,21,23). The van der Waals surface area contributed by atoms with E-state index in [2.05, 4.69) is 15.3 Å². The molecule has 0 aliphatic rings. The number of hydrogen-bond acceptors (Lipinski definition) is 4. The molecule has 0 saturated carbocycles. The molecule has 0 atom stereocenters. The van der Waals surface area contributed by atoms with Crippen molar-refractivity contribution in [3.05, 3.63) is 70.1 Å². The summed E-state index contributed by atoms with van der Waals surface area (Å²) in [5.41, 5.74) is 1.53. The monoisotopic (exact) mass is 361 g/mol. The molecular formula is C17H13ClFN3OS. The van der Waals surface area contributed by atoms with Gasteiger partial charge in [0.05, 0.1) is 22.0 Å². The average molecular weight is 362 g/mol. The molecule has 0 saturated heterocycles. The number of benzene rings is 1. The molecule has 3 rings (SSSR count). The number of nitrogens with one attached hydrogen (secondary N) is 1. The molecule has 3 aromatic rings. The Labute approximate surface area is 147 Å². The molecule has 0 unspecified atom stereocenters. The molecule has 1 N–H and O–H groups in total. The highest BCUT2D eigenvalue weighted by Crippen LogP contribution is 2.21. The Morgan fingerprint density at radius 2 is 2.12 bits per heavy atom. The zero-order chi connectivity index (χ0) is 16.9. The number of nitrogens with zero attached hydrogens (tertiary/aromatic N) is 2. The second-order valence-corrected chi connectivity index (χ2v) is 6.23. The Bertz CT molecular complexity index is 834. The van der Waals surface area contributed by atoms with Gasteiger partial charge in [-0.15, -0.1) is 11.3 Å². The molecule has 2 heterocycles. The zero-order valence-electron chi connectivity index (χ0n) is 12.5. The molecule has 0 spiro atoms. The molecule has 0 fully saturated rings. The Kier molecular flexibility index (Phi) is 5.17. The highest BCUT2D eigenvalue weighted by atomic mass is 35.5. The first-order valence-corrected chi connectivity index (χ1v) is 8.49. The van der Waals surface area contributed by atoms with Crippen molar-refractivity contribution in [1.82, 2.24) is 15.3 Å². The third-order valence-electron chi connectivity index (χ3n) is 3.29.